The Hall–Kier alpha value is -2.48. The van der Waals surface area contributed by atoms with Crippen molar-refractivity contribution in [1.29, 1.82) is 0 Å². The Morgan fingerprint density at radius 2 is 1.67 bits per heavy atom. The highest BCUT2D eigenvalue weighted by molar-refractivity contribution is 5.99. The lowest BCUT2D eigenvalue weighted by Gasteiger charge is -2.19. The fourth-order valence-corrected chi connectivity index (χ4v) is 2.88. The second-order valence-corrected chi connectivity index (χ2v) is 7.37. The van der Waals surface area contributed by atoms with Crippen molar-refractivity contribution >= 4 is 16.7 Å². The molecule has 0 aliphatic heterocycles. The van der Waals surface area contributed by atoms with Crippen LogP contribution in [0.15, 0.2) is 54.6 Å². The molecule has 24 heavy (non-hydrogen) atoms. The molecule has 0 aliphatic rings. The monoisotopic (exact) mass is 317 g/mol. The Balaban J connectivity index is 1.89. The van der Waals surface area contributed by atoms with Crippen molar-refractivity contribution in [3.63, 3.8) is 0 Å². The molecule has 0 saturated carbocycles. The average Bonchev–Trinajstić information content (AvgIpc) is 2.54. The van der Waals surface area contributed by atoms with Gasteiger partial charge in [0.15, 0.2) is 5.78 Å². The molecule has 122 valence electrons. The Kier molecular flexibility index (Phi) is 4.23. The van der Waals surface area contributed by atoms with Gasteiger partial charge in [-0.05, 0) is 29.5 Å². The maximum absolute atomic E-state index is 12.7. The number of nitrogens with zero attached hydrogens (tertiary/aromatic N) is 1. The van der Waals surface area contributed by atoms with E-state index < -0.39 is 0 Å². The van der Waals surface area contributed by atoms with Crippen molar-refractivity contribution in [2.75, 3.05) is 0 Å². The van der Waals surface area contributed by atoms with Crippen molar-refractivity contribution in [2.45, 2.75) is 39.5 Å². The maximum Gasteiger partial charge on any atom is 0.167 e. The predicted octanol–water partition coefficient (Wildman–Crippen LogP) is 5.27. The van der Waals surface area contributed by atoms with Gasteiger partial charge in [-0.2, -0.15) is 0 Å². The number of hydrogen-bond donors (Lipinski definition) is 0. The van der Waals surface area contributed by atoms with Crippen LogP contribution in [-0.4, -0.2) is 10.8 Å². The molecule has 0 atom stereocenters. The van der Waals surface area contributed by atoms with Crippen LogP contribution in [0.3, 0.4) is 0 Å². The smallest absolute Gasteiger partial charge is 0.167 e. The fourth-order valence-electron chi connectivity index (χ4n) is 2.88. The van der Waals surface area contributed by atoms with Crippen molar-refractivity contribution in [3.05, 3.63) is 77.0 Å². The molecule has 0 aliphatic carbocycles. The zero-order valence-electron chi connectivity index (χ0n) is 14.8. The quantitative estimate of drug-likeness (QED) is 0.616. The van der Waals surface area contributed by atoms with Gasteiger partial charge in [0.25, 0.3) is 0 Å². The van der Waals surface area contributed by atoms with Gasteiger partial charge in [0.1, 0.15) is 0 Å². The predicted molar refractivity (Wildman–Crippen MR) is 99.7 cm³/mol. The number of para-hydroxylation sites is 1. The number of carbonyl (C=O) groups excluding carboxylic acids is 1. The van der Waals surface area contributed by atoms with Gasteiger partial charge < -0.3 is 0 Å². The lowest BCUT2D eigenvalue weighted by molar-refractivity contribution is 0.0993. The molecule has 0 amide bonds. The molecule has 0 saturated heterocycles. The minimum absolute atomic E-state index is 0.0959. The molecule has 1 heterocycles. The minimum Gasteiger partial charge on any atom is -0.294 e. The van der Waals surface area contributed by atoms with E-state index in [4.69, 9.17) is 0 Å². The first-order valence-corrected chi connectivity index (χ1v) is 8.33. The van der Waals surface area contributed by atoms with E-state index in [1.807, 2.05) is 43.3 Å². The van der Waals surface area contributed by atoms with Crippen LogP contribution in [0.4, 0.5) is 0 Å². The first kappa shape index (κ1) is 16.4. The van der Waals surface area contributed by atoms with Crippen LogP contribution < -0.4 is 0 Å². The number of ketones is 1. The standard InChI is InChI=1S/C22H23NO/c1-15-8-9-17-6-5-7-18(21(17)23-15)14-20(24)16-10-12-19(13-11-16)22(2,3)4/h5-13H,14H2,1-4H3. The summed E-state index contributed by atoms with van der Waals surface area (Å²) in [6.45, 7) is 8.50. The van der Waals surface area contributed by atoms with Gasteiger partial charge in [-0.3, -0.25) is 9.78 Å². The summed E-state index contributed by atoms with van der Waals surface area (Å²) in [4.78, 5) is 17.3. The van der Waals surface area contributed by atoms with Gasteiger partial charge in [0.2, 0.25) is 0 Å². The maximum atomic E-state index is 12.7. The molecule has 2 nitrogen and oxygen atoms in total. The summed E-state index contributed by atoms with van der Waals surface area (Å²) < 4.78 is 0. The van der Waals surface area contributed by atoms with Crippen LogP contribution in [0, 0.1) is 6.92 Å². The SMILES string of the molecule is Cc1ccc2cccc(CC(=O)c3ccc(C(C)(C)C)cc3)c2n1. The van der Waals surface area contributed by atoms with E-state index in [1.54, 1.807) is 0 Å². The first-order chi connectivity index (χ1) is 11.3. The summed E-state index contributed by atoms with van der Waals surface area (Å²) in [6, 6.07) is 18.1. The summed E-state index contributed by atoms with van der Waals surface area (Å²) in [5.74, 6) is 0.131. The molecule has 3 aromatic rings. The number of carbonyl (C=O) groups is 1. The molecule has 1 aromatic heterocycles. The third-order valence-electron chi connectivity index (χ3n) is 4.37. The Morgan fingerprint density at radius 1 is 0.958 bits per heavy atom. The van der Waals surface area contributed by atoms with Gasteiger partial charge in [-0.15, -0.1) is 0 Å². The van der Waals surface area contributed by atoms with Gasteiger partial charge in [-0.1, -0.05) is 69.3 Å². The van der Waals surface area contributed by atoms with E-state index in [1.165, 1.54) is 5.56 Å². The van der Waals surface area contributed by atoms with Crippen LogP contribution in [0.1, 0.15) is 48.0 Å². The van der Waals surface area contributed by atoms with Crippen LogP contribution >= 0.6 is 0 Å². The average molecular weight is 317 g/mol. The van der Waals surface area contributed by atoms with Crippen LogP contribution in [-0.2, 0) is 11.8 Å². The molecular weight excluding hydrogens is 294 g/mol. The van der Waals surface area contributed by atoms with E-state index in [0.29, 0.717) is 6.42 Å². The second-order valence-electron chi connectivity index (χ2n) is 7.37. The zero-order valence-corrected chi connectivity index (χ0v) is 14.8. The number of aryl methyl sites for hydroxylation is 1. The number of benzene rings is 2. The topological polar surface area (TPSA) is 30.0 Å². The highest BCUT2D eigenvalue weighted by atomic mass is 16.1. The van der Waals surface area contributed by atoms with Crippen LogP contribution in [0.5, 0.6) is 0 Å². The normalized spacial score (nSPS) is 11.7. The zero-order chi connectivity index (χ0) is 17.3. The Labute approximate surface area is 143 Å². The van der Waals surface area contributed by atoms with E-state index in [9.17, 15) is 4.79 Å². The van der Waals surface area contributed by atoms with E-state index in [0.717, 1.165) is 27.7 Å². The van der Waals surface area contributed by atoms with Crippen LogP contribution in [0.2, 0.25) is 0 Å². The second kappa shape index (κ2) is 6.20. The molecule has 0 fully saturated rings. The van der Waals surface area contributed by atoms with Crippen LogP contribution in [0.25, 0.3) is 10.9 Å². The number of aromatic nitrogens is 1. The molecule has 0 bridgehead atoms. The van der Waals surface area contributed by atoms with Crippen molar-refractivity contribution in [3.8, 4) is 0 Å². The van der Waals surface area contributed by atoms with Gasteiger partial charge in [-0.25, -0.2) is 0 Å². The lowest BCUT2D eigenvalue weighted by atomic mass is 9.86. The van der Waals surface area contributed by atoms with Gasteiger partial charge in [0.05, 0.1) is 5.52 Å². The van der Waals surface area contributed by atoms with Crippen molar-refractivity contribution in [2.24, 2.45) is 0 Å². The number of Topliss-reactive ketones (excluding diaryl/α,β-unsaturated/α-hetero) is 1. The number of hydrogen-bond acceptors (Lipinski definition) is 2. The molecule has 0 unspecified atom stereocenters. The Morgan fingerprint density at radius 3 is 2.33 bits per heavy atom. The number of rotatable bonds is 3. The molecule has 2 aromatic carbocycles. The van der Waals surface area contributed by atoms with Gasteiger partial charge >= 0.3 is 0 Å². The highest BCUT2D eigenvalue weighted by Gasteiger charge is 2.15. The summed E-state index contributed by atoms with van der Waals surface area (Å²) in [5.41, 5.74) is 4.97. The number of pyridine rings is 1. The summed E-state index contributed by atoms with van der Waals surface area (Å²) in [7, 11) is 0. The summed E-state index contributed by atoms with van der Waals surface area (Å²) in [6.07, 6.45) is 0.378. The van der Waals surface area contributed by atoms with Crippen molar-refractivity contribution < 1.29 is 4.79 Å². The molecule has 0 N–H and O–H groups in total. The van der Waals surface area contributed by atoms with E-state index in [2.05, 4.69) is 44.0 Å². The molecule has 3 rings (SSSR count). The van der Waals surface area contributed by atoms with E-state index >= 15 is 0 Å². The third-order valence-corrected chi connectivity index (χ3v) is 4.37. The highest BCUT2D eigenvalue weighted by Crippen LogP contribution is 2.23. The summed E-state index contributed by atoms with van der Waals surface area (Å²) in [5, 5.41) is 1.08. The molecule has 2 heteroatoms. The van der Waals surface area contributed by atoms with Crippen molar-refractivity contribution in [1.82, 2.24) is 4.98 Å². The number of fused-ring (bicyclic) bond motifs is 1. The molecule has 0 radical (unpaired) electrons. The van der Waals surface area contributed by atoms with Gasteiger partial charge in [0, 0.05) is 23.1 Å². The van der Waals surface area contributed by atoms with E-state index in [-0.39, 0.29) is 11.2 Å². The fraction of sp³-hybridized carbons (Fsp3) is 0.273. The Bertz CT molecular complexity index is 886. The molecular formula is C22H23NO. The third kappa shape index (κ3) is 3.38. The first-order valence-electron chi connectivity index (χ1n) is 8.33. The minimum atomic E-state index is 0.0959. The largest absolute Gasteiger partial charge is 0.294 e. The summed E-state index contributed by atoms with van der Waals surface area (Å²) >= 11 is 0. The lowest BCUT2D eigenvalue weighted by Crippen LogP contribution is -2.11. The molecule has 0 spiro atoms.